The SMILES string of the molecule is CN1C(=O)CC(=O)NC1=O.Cc1cc2cc(c1)C2. The first-order chi connectivity index (χ1) is 8.45. The Morgan fingerprint density at radius 2 is 1.61 bits per heavy atom. The van der Waals surface area contributed by atoms with Crippen molar-refractivity contribution in [2.24, 2.45) is 0 Å². The molecule has 1 N–H and O–H groups in total. The number of rotatable bonds is 0. The molecule has 0 saturated carbocycles. The number of carbonyl (C=O) groups excluding carboxylic acids is 3. The summed E-state index contributed by atoms with van der Waals surface area (Å²) in [6.45, 7) is 2.14. The van der Waals surface area contributed by atoms with Crippen LogP contribution >= 0.6 is 0 Å². The maximum Gasteiger partial charge on any atom is 0.330 e. The fourth-order valence-corrected chi connectivity index (χ4v) is 1.87. The van der Waals surface area contributed by atoms with Crippen LogP contribution < -0.4 is 5.32 Å². The van der Waals surface area contributed by atoms with Gasteiger partial charge in [0.05, 0.1) is 0 Å². The zero-order chi connectivity index (χ0) is 13.3. The third-order valence-electron chi connectivity index (χ3n) is 2.84. The van der Waals surface area contributed by atoms with E-state index in [-0.39, 0.29) is 6.42 Å². The van der Waals surface area contributed by atoms with E-state index >= 15 is 0 Å². The van der Waals surface area contributed by atoms with Gasteiger partial charge in [0.25, 0.3) is 0 Å². The highest BCUT2D eigenvalue weighted by atomic mass is 16.2. The largest absolute Gasteiger partial charge is 0.330 e. The van der Waals surface area contributed by atoms with E-state index in [0.29, 0.717) is 0 Å². The lowest BCUT2D eigenvalue weighted by molar-refractivity contribution is -0.135. The molecule has 4 rings (SSSR count). The molecular formula is C13H14N2O3. The molecule has 0 aromatic heterocycles. The van der Waals surface area contributed by atoms with Crippen molar-refractivity contribution in [2.75, 3.05) is 7.05 Å². The lowest BCUT2D eigenvalue weighted by Crippen LogP contribution is -2.50. The van der Waals surface area contributed by atoms with Crippen molar-refractivity contribution >= 4 is 17.8 Å². The molecule has 1 saturated heterocycles. The Hall–Kier alpha value is -2.17. The fourth-order valence-electron chi connectivity index (χ4n) is 1.87. The molecule has 0 atom stereocenters. The fraction of sp³-hybridized carbons (Fsp3) is 0.308. The van der Waals surface area contributed by atoms with Gasteiger partial charge < -0.3 is 0 Å². The summed E-state index contributed by atoms with van der Waals surface area (Å²) in [5, 5.41) is 1.99. The Kier molecular flexibility index (Phi) is 3.14. The first kappa shape index (κ1) is 12.3. The van der Waals surface area contributed by atoms with E-state index in [2.05, 4.69) is 25.1 Å². The summed E-state index contributed by atoms with van der Waals surface area (Å²) in [6.07, 6.45) is 0.986. The molecular weight excluding hydrogens is 232 g/mol. The van der Waals surface area contributed by atoms with Crippen molar-refractivity contribution < 1.29 is 14.4 Å². The van der Waals surface area contributed by atoms with Crippen LogP contribution in [-0.4, -0.2) is 29.8 Å². The molecule has 4 amide bonds. The van der Waals surface area contributed by atoms with Gasteiger partial charge >= 0.3 is 6.03 Å². The Labute approximate surface area is 105 Å². The van der Waals surface area contributed by atoms with E-state index < -0.39 is 17.8 Å². The monoisotopic (exact) mass is 246 g/mol. The van der Waals surface area contributed by atoms with Gasteiger partial charge in [0.2, 0.25) is 11.8 Å². The van der Waals surface area contributed by atoms with Crippen LogP contribution in [0.4, 0.5) is 4.79 Å². The topological polar surface area (TPSA) is 66.5 Å². The quantitative estimate of drug-likeness (QED) is 0.705. The van der Waals surface area contributed by atoms with Crippen molar-refractivity contribution in [1.29, 1.82) is 0 Å². The number of aryl methyl sites for hydroxylation is 1. The lowest BCUT2D eigenvalue weighted by Gasteiger charge is -2.19. The molecule has 2 bridgehead atoms. The maximum absolute atomic E-state index is 10.7. The van der Waals surface area contributed by atoms with Gasteiger partial charge in [0, 0.05) is 7.05 Å². The second-order valence-corrected chi connectivity index (χ2v) is 4.49. The molecule has 18 heavy (non-hydrogen) atoms. The van der Waals surface area contributed by atoms with Gasteiger partial charge in [-0.25, -0.2) is 4.79 Å². The summed E-state index contributed by atoms with van der Waals surface area (Å²) in [7, 11) is 1.32. The maximum atomic E-state index is 10.7. The minimum absolute atomic E-state index is 0.234. The number of barbiturate groups is 1. The molecule has 5 nitrogen and oxygen atoms in total. The predicted octanol–water partition coefficient (Wildman–Crippen LogP) is 0.984. The predicted molar refractivity (Wildman–Crippen MR) is 64.9 cm³/mol. The third kappa shape index (κ3) is 2.56. The number of fused-ring (bicyclic) bond motifs is 2. The molecule has 2 aliphatic carbocycles. The molecule has 1 heterocycles. The highest BCUT2D eigenvalue weighted by Crippen LogP contribution is 2.22. The molecule has 0 unspecified atom stereocenters. The van der Waals surface area contributed by atoms with Crippen LogP contribution in [-0.2, 0) is 16.0 Å². The Morgan fingerprint density at radius 1 is 1.06 bits per heavy atom. The van der Waals surface area contributed by atoms with Gasteiger partial charge in [-0.05, 0) is 24.5 Å². The van der Waals surface area contributed by atoms with E-state index in [1.54, 1.807) is 0 Å². The highest BCUT2D eigenvalue weighted by Gasteiger charge is 2.26. The van der Waals surface area contributed by atoms with E-state index in [1.807, 2.05) is 5.32 Å². The second-order valence-electron chi connectivity index (χ2n) is 4.49. The number of nitrogens with one attached hydrogen (secondary N) is 1. The number of carbonyl (C=O) groups is 3. The normalized spacial score (nSPS) is 16.6. The van der Waals surface area contributed by atoms with Crippen LogP contribution in [0.3, 0.4) is 0 Å². The first-order valence-electron chi connectivity index (χ1n) is 5.65. The van der Waals surface area contributed by atoms with Gasteiger partial charge in [-0.3, -0.25) is 19.8 Å². The summed E-state index contributed by atoms with van der Waals surface area (Å²) >= 11 is 0. The molecule has 1 aromatic carbocycles. The molecule has 1 aliphatic heterocycles. The van der Waals surface area contributed by atoms with Crippen LogP contribution in [0, 0.1) is 6.92 Å². The van der Waals surface area contributed by atoms with E-state index in [9.17, 15) is 14.4 Å². The molecule has 94 valence electrons. The van der Waals surface area contributed by atoms with Crippen LogP contribution in [0.5, 0.6) is 0 Å². The third-order valence-corrected chi connectivity index (χ3v) is 2.84. The number of benzene rings is 1. The molecule has 3 aliphatic rings. The van der Waals surface area contributed by atoms with Gasteiger partial charge in [-0.1, -0.05) is 23.8 Å². The average Bonchev–Trinajstić information content (AvgIpc) is 2.25. The Morgan fingerprint density at radius 3 is 2.00 bits per heavy atom. The van der Waals surface area contributed by atoms with Crippen LogP contribution in [0.1, 0.15) is 23.1 Å². The Bertz CT molecular complexity index is 495. The van der Waals surface area contributed by atoms with Crippen molar-refractivity contribution in [1.82, 2.24) is 10.2 Å². The van der Waals surface area contributed by atoms with Crippen LogP contribution in [0.2, 0.25) is 0 Å². The number of nitrogens with zero attached hydrogens (tertiary/aromatic N) is 1. The first-order valence-corrected chi connectivity index (χ1v) is 5.65. The molecule has 1 aromatic rings. The van der Waals surface area contributed by atoms with Gasteiger partial charge in [-0.15, -0.1) is 0 Å². The number of hydrogen-bond acceptors (Lipinski definition) is 3. The number of imide groups is 2. The van der Waals surface area contributed by atoms with Gasteiger partial charge in [-0.2, -0.15) is 0 Å². The number of amides is 4. The standard InChI is InChI=1S/C8H8.C5H6N2O3/c1-6-2-7-4-8(3-6)5-7;1-7-4(9)2-3(8)6-5(7)10/h2-4H,5H2,1H3;2H2,1H3,(H,6,8,10). The van der Waals surface area contributed by atoms with Crippen molar-refractivity contribution in [2.45, 2.75) is 19.8 Å². The lowest BCUT2D eigenvalue weighted by atomic mass is 9.91. The summed E-state index contributed by atoms with van der Waals surface area (Å²) < 4.78 is 0. The van der Waals surface area contributed by atoms with Gasteiger partial charge in [0.1, 0.15) is 6.42 Å². The molecule has 5 heteroatoms. The molecule has 1 fully saturated rings. The number of hydrogen-bond donors (Lipinski definition) is 1. The zero-order valence-corrected chi connectivity index (χ0v) is 10.3. The van der Waals surface area contributed by atoms with Crippen molar-refractivity contribution in [3.8, 4) is 0 Å². The van der Waals surface area contributed by atoms with E-state index in [1.165, 1.54) is 30.2 Å². The molecule has 0 spiro atoms. The van der Waals surface area contributed by atoms with Gasteiger partial charge in [0.15, 0.2) is 0 Å². The van der Waals surface area contributed by atoms with E-state index in [0.717, 1.165) is 4.90 Å². The van der Waals surface area contributed by atoms with Crippen LogP contribution in [0.15, 0.2) is 18.2 Å². The number of urea groups is 1. The molecule has 0 radical (unpaired) electrons. The summed E-state index contributed by atoms with van der Waals surface area (Å²) in [5.41, 5.74) is 4.41. The van der Waals surface area contributed by atoms with Crippen LogP contribution in [0.25, 0.3) is 0 Å². The smallest absolute Gasteiger partial charge is 0.277 e. The second kappa shape index (κ2) is 4.60. The summed E-state index contributed by atoms with van der Waals surface area (Å²) in [6, 6.07) is 6.08. The summed E-state index contributed by atoms with van der Waals surface area (Å²) in [4.78, 5) is 32.6. The Balaban J connectivity index is 0.000000136. The van der Waals surface area contributed by atoms with Crippen molar-refractivity contribution in [3.63, 3.8) is 0 Å². The zero-order valence-electron chi connectivity index (χ0n) is 10.3. The minimum Gasteiger partial charge on any atom is -0.277 e. The van der Waals surface area contributed by atoms with E-state index in [4.69, 9.17) is 0 Å². The summed E-state index contributed by atoms with van der Waals surface area (Å²) in [5.74, 6) is -0.998. The highest BCUT2D eigenvalue weighted by molar-refractivity contribution is 6.13. The minimum atomic E-state index is -0.652. The average molecular weight is 246 g/mol. The van der Waals surface area contributed by atoms with Crippen molar-refractivity contribution in [3.05, 3.63) is 34.9 Å².